The number of hydrogen-bond acceptors (Lipinski definition) is 4. The first-order valence-corrected chi connectivity index (χ1v) is 12.5. The Morgan fingerprint density at radius 2 is 1.34 bits per heavy atom. The Hall–Kier alpha value is -4.61. The van der Waals surface area contributed by atoms with E-state index in [1.807, 2.05) is 66.7 Å². The summed E-state index contributed by atoms with van der Waals surface area (Å²) < 4.78 is 12.0. The average molecular weight is 521 g/mol. The van der Waals surface area contributed by atoms with Gasteiger partial charge in [-0.25, -0.2) is 5.43 Å². The van der Waals surface area contributed by atoms with Gasteiger partial charge in [0.2, 0.25) is 0 Å². The van der Waals surface area contributed by atoms with Crippen molar-refractivity contribution in [3.05, 3.63) is 143 Å². The molecule has 0 fully saturated rings. The highest BCUT2D eigenvalue weighted by atomic mass is 35.5. The van der Waals surface area contributed by atoms with Crippen LogP contribution in [-0.2, 0) is 13.2 Å². The standard InChI is InChI=1S/C32H25ClN2O3/c33-29-17-6-2-12-26(29)22-38-31-19-8-5-16-28(31)32(36)35-34-20-24-11-3-7-18-30(24)37-21-25-14-9-13-23-10-1-4-15-27(23)25/h1-20H,21-22H2,(H,35,36)/b34-20-. The first kappa shape index (κ1) is 25.1. The number of halogens is 1. The van der Waals surface area contributed by atoms with Crippen molar-refractivity contribution in [1.29, 1.82) is 0 Å². The number of carbonyl (C=O) groups excluding carboxylic acids is 1. The molecule has 0 bridgehead atoms. The summed E-state index contributed by atoms with van der Waals surface area (Å²) in [6.45, 7) is 0.656. The average Bonchev–Trinajstić information content (AvgIpc) is 2.96. The number of hydrazone groups is 1. The van der Waals surface area contributed by atoms with E-state index < -0.39 is 0 Å². The maximum Gasteiger partial charge on any atom is 0.275 e. The molecule has 5 nitrogen and oxygen atoms in total. The van der Waals surface area contributed by atoms with Gasteiger partial charge in [0.05, 0.1) is 11.8 Å². The third-order valence-electron chi connectivity index (χ3n) is 6.02. The van der Waals surface area contributed by atoms with Crippen molar-refractivity contribution in [3.8, 4) is 11.5 Å². The zero-order chi connectivity index (χ0) is 26.2. The third kappa shape index (κ3) is 6.02. The predicted octanol–water partition coefficient (Wildman–Crippen LogP) is 7.42. The lowest BCUT2D eigenvalue weighted by atomic mass is 10.1. The number of fused-ring (bicyclic) bond motifs is 1. The SMILES string of the molecule is O=C(N/N=C\c1ccccc1OCc1cccc2ccccc12)c1ccccc1OCc1ccccc1Cl. The van der Waals surface area contributed by atoms with Crippen LogP contribution in [0.25, 0.3) is 10.8 Å². The topological polar surface area (TPSA) is 59.9 Å². The Balaban J connectivity index is 1.25. The minimum absolute atomic E-state index is 0.245. The second kappa shape index (κ2) is 12.1. The quantitative estimate of drug-likeness (QED) is 0.162. The van der Waals surface area contributed by atoms with Crippen LogP contribution in [0.2, 0.25) is 5.02 Å². The van der Waals surface area contributed by atoms with Gasteiger partial charge in [-0.1, -0.05) is 96.5 Å². The molecule has 1 N–H and O–H groups in total. The first-order valence-electron chi connectivity index (χ1n) is 12.2. The third-order valence-corrected chi connectivity index (χ3v) is 6.39. The molecule has 0 aliphatic carbocycles. The summed E-state index contributed by atoms with van der Waals surface area (Å²) in [4.78, 5) is 12.9. The second-order valence-electron chi connectivity index (χ2n) is 8.54. The Kier molecular flexibility index (Phi) is 7.97. The molecule has 0 saturated carbocycles. The van der Waals surface area contributed by atoms with Crippen LogP contribution in [0.1, 0.15) is 27.0 Å². The number of hydrogen-bond donors (Lipinski definition) is 1. The van der Waals surface area contributed by atoms with Gasteiger partial charge in [0.15, 0.2) is 0 Å². The highest BCUT2D eigenvalue weighted by Gasteiger charge is 2.12. The molecule has 0 aromatic heterocycles. The number of benzene rings is 5. The Bertz CT molecular complexity index is 1590. The number of rotatable bonds is 9. The van der Waals surface area contributed by atoms with Gasteiger partial charge in [0, 0.05) is 16.1 Å². The molecule has 188 valence electrons. The molecule has 0 aliphatic heterocycles. The van der Waals surface area contributed by atoms with Gasteiger partial charge < -0.3 is 9.47 Å². The van der Waals surface area contributed by atoms with E-state index in [1.54, 1.807) is 30.5 Å². The largest absolute Gasteiger partial charge is 0.488 e. The lowest BCUT2D eigenvalue weighted by Crippen LogP contribution is -2.18. The number of nitrogens with zero attached hydrogens (tertiary/aromatic N) is 1. The Labute approximate surface area is 226 Å². The van der Waals surface area contributed by atoms with E-state index in [0.717, 1.165) is 22.1 Å². The fourth-order valence-corrected chi connectivity index (χ4v) is 4.25. The van der Waals surface area contributed by atoms with Crippen LogP contribution in [0, 0.1) is 0 Å². The highest BCUT2D eigenvalue weighted by molar-refractivity contribution is 6.31. The number of carbonyl (C=O) groups is 1. The van der Waals surface area contributed by atoms with Crippen molar-refractivity contribution in [3.63, 3.8) is 0 Å². The van der Waals surface area contributed by atoms with Crippen molar-refractivity contribution in [2.45, 2.75) is 13.2 Å². The fraction of sp³-hybridized carbons (Fsp3) is 0.0625. The Morgan fingerprint density at radius 1 is 0.711 bits per heavy atom. The number of nitrogens with one attached hydrogen (secondary N) is 1. The summed E-state index contributed by atoms with van der Waals surface area (Å²) in [5.41, 5.74) is 5.64. The minimum Gasteiger partial charge on any atom is -0.488 e. The Morgan fingerprint density at radius 3 is 2.24 bits per heavy atom. The smallest absolute Gasteiger partial charge is 0.275 e. The van der Waals surface area contributed by atoms with Crippen LogP contribution in [-0.4, -0.2) is 12.1 Å². The van der Waals surface area contributed by atoms with E-state index >= 15 is 0 Å². The highest BCUT2D eigenvalue weighted by Crippen LogP contribution is 2.24. The molecule has 1 amide bonds. The van der Waals surface area contributed by atoms with E-state index in [9.17, 15) is 4.79 Å². The maximum absolute atomic E-state index is 12.9. The zero-order valence-electron chi connectivity index (χ0n) is 20.5. The van der Waals surface area contributed by atoms with Gasteiger partial charge in [0.1, 0.15) is 24.7 Å². The van der Waals surface area contributed by atoms with Crippen LogP contribution in [0.4, 0.5) is 0 Å². The van der Waals surface area contributed by atoms with Crippen molar-refractivity contribution in [2.24, 2.45) is 5.10 Å². The summed E-state index contributed by atoms with van der Waals surface area (Å²) in [5, 5.41) is 7.11. The van der Waals surface area contributed by atoms with E-state index in [1.165, 1.54) is 5.39 Å². The monoisotopic (exact) mass is 520 g/mol. The second-order valence-corrected chi connectivity index (χ2v) is 8.95. The molecule has 0 atom stereocenters. The van der Waals surface area contributed by atoms with Crippen LogP contribution < -0.4 is 14.9 Å². The summed E-state index contributed by atoms with van der Waals surface area (Å²) in [6.07, 6.45) is 1.57. The van der Waals surface area contributed by atoms with Crippen molar-refractivity contribution in [1.82, 2.24) is 5.43 Å². The summed E-state index contributed by atoms with van der Waals surface area (Å²) in [7, 11) is 0. The fourth-order valence-electron chi connectivity index (χ4n) is 4.06. The lowest BCUT2D eigenvalue weighted by Gasteiger charge is -2.12. The number of ether oxygens (including phenoxy) is 2. The summed E-state index contributed by atoms with van der Waals surface area (Å²) in [6, 6.07) is 36.4. The molecule has 5 aromatic rings. The van der Waals surface area contributed by atoms with Crippen LogP contribution in [0.3, 0.4) is 0 Å². The molecule has 0 spiro atoms. The van der Waals surface area contributed by atoms with Gasteiger partial charge >= 0.3 is 0 Å². The first-order chi connectivity index (χ1) is 18.7. The molecular formula is C32H25ClN2O3. The molecule has 5 aromatic carbocycles. The molecule has 0 heterocycles. The van der Waals surface area contributed by atoms with Crippen LogP contribution in [0.15, 0.2) is 120 Å². The van der Waals surface area contributed by atoms with E-state index in [4.69, 9.17) is 21.1 Å². The number of amides is 1. The molecule has 6 heteroatoms. The molecule has 38 heavy (non-hydrogen) atoms. The normalized spacial score (nSPS) is 11.0. The van der Waals surface area contributed by atoms with Crippen LogP contribution >= 0.6 is 11.6 Å². The van der Waals surface area contributed by atoms with Crippen molar-refractivity contribution in [2.75, 3.05) is 0 Å². The number of para-hydroxylation sites is 2. The molecule has 0 unspecified atom stereocenters. The van der Waals surface area contributed by atoms with Gasteiger partial charge in [-0.15, -0.1) is 0 Å². The molecule has 5 rings (SSSR count). The zero-order valence-corrected chi connectivity index (χ0v) is 21.3. The molecule has 0 radical (unpaired) electrons. The van der Waals surface area contributed by atoms with Crippen molar-refractivity contribution < 1.29 is 14.3 Å². The molecule has 0 saturated heterocycles. The van der Waals surface area contributed by atoms with Gasteiger partial charge in [0.25, 0.3) is 5.91 Å². The van der Waals surface area contributed by atoms with Gasteiger partial charge in [-0.3, -0.25) is 4.79 Å². The predicted molar refractivity (Wildman–Crippen MR) is 152 cm³/mol. The lowest BCUT2D eigenvalue weighted by molar-refractivity contribution is 0.0950. The molecular weight excluding hydrogens is 496 g/mol. The van der Waals surface area contributed by atoms with E-state index in [-0.39, 0.29) is 12.5 Å². The summed E-state index contributed by atoms with van der Waals surface area (Å²) in [5.74, 6) is 0.728. The van der Waals surface area contributed by atoms with Crippen LogP contribution in [0.5, 0.6) is 11.5 Å². The molecule has 0 aliphatic rings. The van der Waals surface area contributed by atoms with Gasteiger partial charge in [-0.05, 0) is 46.7 Å². The van der Waals surface area contributed by atoms with Crippen molar-refractivity contribution >= 4 is 34.5 Å². The van der Waals surface area contributed by atoms with E-state index in [0.29, 0.717) is 28.7 Å². The van der Waals surface area contributed by atoms with Gasteiger partial charge in [-0.2, -0.15) is 5.10 Å². The van der Waals surface area contributed by atoms with E-state index in [2.05, 4.69) is 34.8 Å². The summed E-state index contributed by atoms with van der Waals surface area (Å²) >= 11 is 6.23. The minimum atomic E-state index is -0.384. The maximum atomic E-state index is 12.9.